The number of benzene rings is 1. The summed E-state index contributed by atoms with van der Waals surface area (Å²) in [5, 5.41) is 3.33. The van der Waals surface area contributed by atoms with E-state index in [9.17, 15) is 8.78 Å². The van der Waals surface area contributed by atoms with Crippen molar-refractivity contribution < 1.29 is 8.78 Å². The molecule has 0 spiro atoms. The molecule has 2 unspecified atom stereocenters. The van der Waals surface area contributed by atoms with Crippen molar-refractivity contribution >= 4 is 0 Å². The van der Waals surface area contributed by atoms with Gasteiger partial charge in [0, 0.05) is 12.1 Å². The molecule has 2 rings (SSSR count). The van der Waals surface area contributed by atoms with Crippen LogP contribution in [0, 0.1) is 11.6 Å². The molecule has 1 heterocycles. The van der Waals surface area contributed by atoms with Crippen molar-refractivity contribution in [2.75, 3.05) is 0 Å². The van der Waals surface area contributed by atoms with E-state index in [1.54, 1.807) is 6.07 Å². The molecule has 1 aromatic carbocycles. The molecule has 0 amide bonds. The van der Waals surface area contributed by atoms with Gasteiger partial charge in [-0.25, -0.2) is 8.78 Å². The number of hydrogen-bond acceptors (Lipinski definition) is 1. The molecule has 1 nitrogen and oxygen atoms in total. The third-order valence-electron chi connectivity index (χ3n) is 2.72. The molecular formula is C11H13F2N. The zero-order valence-electron chi connectivity index (χ0n) is 8.06. The molecule has 1 aliphatic rings. The first-order chi connectivity index (χ1) is 6.66. The maximum Gasteiger partial charge on any atom is 0.159 e. The second kappa shape index (κ2) is 3.65. The van der Waals surface area contributed by atoms with E-state index in [-0.39, 0.29) is 6.04 Å². The molecule has 0 aromatic heterocycles. The van der Waals surface area contributed by atoms with E-state index in [0.29, 0.717) is 6.04 Å². The summed E-state index contributed by atoms with van der Waals surface area (Å²) in [7, 11) is 0. The first-order valence-electron chi connectivity index (χ1n) is 4.88. The maximum absolute atomic E-state index is 12.9. The minimum absolute atomic E-state index is 0.181. The highest BCUT2D eigenvalue weighted by Crippen LogP contribution is 2.26. The van der Waals surface area contributed by atoms with Crippen LogP contribution >= 0.6 is 0 Å². The van der Waals surface area contributed by atoms with E-state index >= 15 is 0 Å². The Balaban J connectivity index is 2.20. The lowest BCUT2D eigenvalue weighted by Crippen LogP contribution is -2.20. The Bertz CT molecular complexity index is 338. The zero-order valence-corrected chi connectivity index (χ0v) is 8.06. The predicted octanol–water partition coefficient (Wildman–Crippen LogP) is 2.78. The number of rotatable bonds is 1. The molecule has 0 saturated carbocycles. The number of hydrogen-bond donors (Lipinski definition) is 1. The first kappa shape index (κ1) is 9.59. The van der Waals surface area contributed by atoms with Crippen LogP contribution in [0.2, 0.25) is 0 Å². The lowest BCUT2D eigenvalue weighted by molar-refractivity contribution is 0.502. The first-order valence-corrected chi connectivity index (χ1v) is 4.88. The Morgan fingerprint density at radius 1 is 1.21 bits per heavy atom. The second-order valence-electron chi connectivity index (χ2n) is 3.87. The molecule has 14 heavy (non-hydrogen) atoms. The summed E-state index contributed by atoms with van der Waals surface area (Å²) in [6.07, 6.45) is 2.08. The van der Waals surface area contributed by atoms with Gasteiger partial charge in [0.05, 0.1) is 0 Å². The SMILES string of the molecule is CC1CCC(c2ccc(F)c(F)c2)N1. The fourth-order valence-electron chi connectivity index (χ4n) is 1.92. The van der Waals surface area contributed by atoms with Gasteiger partial charge in [-0.3, -0.25) is 0 Å². The van der Waals surface area contributed by atoms with Crippen molar-refractivity contribution in [1.82, 2.24) is 5.32 Å². The van der Waals surface area contributed by atoms with Gasteiger partial charge in [-0.2, -0.15) is 0 Å². The van der Waals surface area contributed by atoms with Crippen molar-refractivity contribution in [3.05, 3.63) is 35.4 Å². The summed E-state index contributed by atoms with van der Waals surface area (Å²) in [6.45, 7) is 2.10. The van der Waals surface area contributed by atoms with Crippen LogP contribution in [0.5, 0.6) is 0 Å². The van der Waals surface area contributed by atoms with Gasteiger partial charge in [-0.15, -0.1) is 0 Å². The van der Waals surface area contributed by atoms with E-state index < -0.39 is 11.6 Å². The van der Waals surface area contributed by atoms with Crippen LogP contribution in [-0.4, -0.2) is 6.04 Å². The van der Waals surface area contributed by atoms with Gasteiger partial charge in [-0.05, 0) is 37.5 Å². The third kappa shape index (κ3) is 1.77. The molecule has 1 saturated heterocycles. The van der Waals surface area contributed by atoms with Crippen LogP contribution in [0.4, 0.5) is 8.78 Å². The van der Waals surface area contributed by atoms with Gasteiger partial charge in [0.25, 0.3) is 0 Å². The fraction of sp³-hybridized carbons (Fsp3) is 0.455. The molecule has 0 aliphatic carbocycles. The molecule has 1 fully saturated rings. The molecule has 2 atom stereocenters. The summed E-state index contributed by atoms with van der Waals surface area (Å²) >= 11 is 0. The summed E-state index contributed by atoms with van der Waals surface area (Å²) in [6, 6.07) is 4.77. The monoisotopic (exact) mass is 197 g/mol. The van der Waals surface area contributed by atoms with Crippen LogP contribution in [0.15, 0.2) is 18.2 Å². The van der Waals surface area contributed by atoms with Crippen LogP contribution in [0.1, 0.15) is 31.4 Å². The van der Waals surface area contributed by atoms with Gasteiger partial charge in [0.2, 0.25) is 0 Å². The van der Waals surface area contributed by atoms with E-state index in [1.807, 2.05) is 0 Å². The third-order valence-corrected chi connectivity index (χ3v) is 2.72. The van der Waals surface area contributed by atoms with E-state index in [0.717, 1.165) is 18.4 Å². The van der Waals surface area contributed by atoms with Gasteiger partial charge in [0.1, 0.15) is 0 Å². The molecule has 1 N–H and O–H groups in total. The highest BCUT2D eigenvalue weighted by Gasteiger charge is 2.22. The van der Waals surface area contributed by atoms with Crippen molar-refractivity contribution in [1.29, 1.82) is 0 Å². The Morgan fingerprint density at radius 2 is 2.00 bits per heavy atom. The summed E-state index contributed by atoms with van der Waals surface area (Å²) in [5.41, 5.74) is 0.841. The number of halogens is 2. The van der Waals surface area contributed by atoms with Crippen molar-refractivity contribution in [3.63, 3.8) is 0 Å². The minimum atomic E-state index is -0.778. The van der Waals surface area contributed by atoms with Crippen LogP contribution in [-0.2, 0) is 0 Å². The predicted molar refractivity (Wildman–Crippen MR) is 50.9 cm³/mol. The van der Waals surface area contributed by atoms with Gasteiger partial charge < -0.3 is 5.32 Å². The highest BCUT2D eigenvalue weighted by molar-refractivity contribution is 5.22. The second-order valence-corrected chi connectivity index (χ2v) is 3.87. The van der Waals surface area contributed by atoms with Gasteiger partial charge >= 0.3 is 0 Å². The van der Waals surface area contributed by atoms with Crippen molar-refractivity contribution in [3.8, 4) is 0 Å². The van der Waals surface area contributed by atoms with Crippen LogP contribution in [0.25, 0.3) is 0 Å². The lowest BCUT2D eigenvalue weighted by Gasteiger charge is -2.12. The molecule has 3 heteroatoms. The molecule has 1 aliphatic heterocycles. The van der Waals surface area contributed by atoms with Gasteiger partial charge in [0.15, 0.2) is 11.6 Å². The number of nitrogens with one attached hydrogen (secondary N) is 1. The fourth-order valence-corrected chi connectivity index (χ4v) is 1.92. The van der Waals surface area contributed by atoms with Crippen LogP contribution < -0.4 is 5.32 Å². The standard InChI is InChI=1S/C11H13F2N/c1-7-2-5-11(14-7)8-3-4-9(12)10(13)6-8/h3-4,6-7,11,14H,2,5H2,1H3. The highest BCUT2D eigenvalue weighted by atomic mass is 19.2. The molecule has 1 aromatic rings. The average Bonchev–Trinajstić information content (AvgIpc) is 2.57. The topological polar surface area (TPSA) is 12.0 Å². The summed E-state index contributed by atoms with van der Waals surface area (Å²) < 4.78 is 25.6. The minimum Gasteiger partial charge on any atom is -0.307 e. The summed E-state index contributed by atoms with van der Waals surface area (Å²) in [5.74, 6) is -1.54. The Hall–Kier alpha value is -0.960. The molecule has 0 radical (unpaired) electrons. The summed E-state index contributed by atoms with van der Waals surface area (Å²) in [4.78, 5) is 0. The van der Waals surface area contributed by atoms with Gasteiger partial charge in [-0.1, -0.05) is 6.07 Å². The largest absolute Gasteiger partial charge is 0.307 e. The molecular weight excluding hydrogens is 184 g/mol. The van der Waals surface area contributed by atoms with Crippen LogP contribution in [0.3, 0.4) is 0 Å². The lowest BCUT2D eigenvalue weighted by atomic mass is 10.1. The Labute approximate surface area is 82.1 Å². The molecule has 0 bridgehead atoms. The quantitative estimate of drug-likeness (QED) is 0.730. The van der Waals surface area contributed by atoms with E-state index in [4.69, 9.17) is 0 Å². The van der Waals surface area contributed by atoms with E-state index in [2.05, 4.69) is 12.2 Å². The Morgan fingerprint density at radius 3 is 2.57 bits per heavy atom. The average molecular weight is 197 g/mol. The van der Waals surface area contributed by atoms with Crippen molar-refractivity contribution in [2.24, 2.45) is 0 Å². The normalized spacial score (nSPS) is 26.8. The maximum atomic E-state index is 12.9. The van der Waals surface area contributed by atoms with Crippen molar-refractivity contribution in [2.45, 2.75) is 31.8 Å². The molecule has 76 valence electrons. The van der Waals surface area contributed by atoms with E-state index in [1.165, 1.54) is 12.1 Å². The Kier molecular flexibility index (Phi) is 2.50. The smallest absolute Gasteiger partial charge is 0.159 e. The zero-order chi connectivity index (χ0) is 10.1.